The van der Waals surface area contributed by atoms with Gasteiger partial charge in [0.2, 0.25) is 0 Å². The molecule has 0 saturated carbocycles. The Hall–Kier alpha value is -4.28. The minimum absolute atomic E-state index is 0.0355. The highest BCUT2D eigenvalue weighted by Gasteiger charge is 2.45. The minimum atomic E-state index is -4.60. The molecule has 2 aliphatic rings. The summed E-state index contributed by atoms with van der Waals surface area (Å²) in [6.07, 6.45) is -4.60. The van der Waals surface area contributed by atoms with Gasteiger partial charge in [0.15, 0.2) is 0 Å². The van der Waals surface area contributed by atoms with Crippen molar-refractivity contribution in [2.45, 2.75) is 25.2 Å². The summed E-state index contributed by atoms with van der Waals surface area (Å²) in [5.41, 5.74) is 1.72. The van der Waals surface area contributed by atoms with Crippen LogP contribution < -0.4 is 9.64 Å². The first kappa shape index (κ1) is 32.7. The van der Waals surface area contributed by atoms with Crippen LogP contribution in [-0.2, 0) is 6.18 Å². The molecule has 6 nitrogen and oxygen atoms in total. The number of hydrogen-bond donors (Lipinski definition) is 0. The highest BCUT2D eigenvalue weighted by molar-refractivity contribution is 6.30. The van der Waals surface area contributed by atoms with Crippen molar-refractivity contribution >= 4 is 40.8 Å². The zero-order valence-corrected chi connectivity index (χ0v) is 26.7. The Morgan fingerprint density at radius 1 is 0.851 bits per heavy atom. The van der Waals surface area contributed by atoms with Crippen molar-refractivity contribution in [1.82, 2.24) is 9.80 Å². The maximum Gasteiger partial charge on any atom is 0.416 e. The Labute approximate surface area is 279 Å². The van der Waals surface area contributed by atoms with Crippen molar-refractivity contribution < 1.29 is 27.1 Å². The summed E-state index contributed by atoms with van der Waals surface area (Å²) in [7, 11) is 0. The minimum Gasteiger partial charge on any atom is -0.493 e. The summed E-state index contributed by atoms with van der Waals surface area (Å²) >= 11 is 12.5. The van der Waals surface area contributed by atoms with E-state index >= 15 is 0 Å². The maximum atomic E-state index is 14.7. The molecule has 1 saturated heterocycles. The average Bonchev–Trinajstić information content (AvgIpc) is 3.45. The van der Waals surface area contributed by atoms with E-state index in [2.05, 4.69) is 4.90 Å². The molecule has 0 radical (unpaired) electrons. The molecule has 0 aliphatic carbocycles. The molecule has 2 atom stereocenters. The third kappa shape index (κ3) is 6.89. The largest absolute Gasteiger partial charge is 0.493 e. The number of ether oxygens (including phenoxy) is 1. The SMILES string of the molecule is CCOc1cc(C(F)(F)F)ccc1C1=NC(c2ccc(Cl)cc2)C(c2ccc(Cl)cc2)N1C(=O)N1CCN(c2ccc(F)cc2)CC1. The van der Waals surface area contributed by atoms with E-state index < -0.39 is 23.8 Å². The van der Waals surface area contributed by atoms with Gasteiger partial charge in [0.05, 0.1) is 23.8 Å². The number of amidine groups is 1. The number of halogens is 6. The number of piperazine rings is 1. The van der Waals surface area contributed by atoms with E-state index in [-0.39, 0.29) is 35.6 Å². The number of urea groups is 1. The van der Waals surface area contributed by atoms with Crippen LogP contribution in [0.3, 0.4) is 0 Å². The fraction of sp³-hybridized carbons (Fsp3) is 0.257. The van der Waals surface area contributed by atoms with Crippen LogP contribution in [0.4, 0.5) is 28.0 Å². The summed E-state index contributed by atoms with van der Waals surface area (Å²) in [6.45, 7) is 3.47. The fourth-order valence-electron chi connectivity index (χ4n) is 5.97. The monoisotopic (exact) mass is 684 g/mol. The standard InChI is InChI=1S/C35H30Cl2F4N4O2/c1-2-47-30-21-24(35(39,40)41)7-16-29(30)33-42-31(22-3-8-25(36)9-4-22)32(23-5-10-26(37)11-6-23)45(33)34(46)44-19-17-43(18-20-44)28-14-12-27(38)13-15-28/h3-16,21,31-32H,2,17-20H2,1H3. The number of carbonyl (C=O) groups excluding carboxylic acids is 1. The molecule has 2 aliphatic heterocycles. The molecular weight excluding hydrogens is 655 g/mol. The van der Waals surface area contributed by atoms with E-state index in [1.807, 2.05) is 24.3 Å². The van der Waals surface area contributed by atoms with Crippen LogP contribution in [0, 0.1) is 5.82 Å². The number of aliphatic imine (C=N–C) groups is 1. The summed E-state index contributed by atoms with van der Waals surface area (Å²) in [6, 6.07) is 21.9. The van der Waals surface area contributed by atoms with Crippen LogP contribution in [0.1, 0.15) is 41.3 Å². The molecule has 0 spiro atoms. The van der Waals surface area contributed by atoms with Gasteiger partial charge in [0.25, 0.3) is 0 Å². The Bertz CT molecular complexity index is 1760. The van der Waals surface area contributed by atoms with Crippen molar-refractivity contribution in [3.8, 4) is 5.75 Å². The van der Waals surface area contributed by atoms with Crippen molar-refractivity contribution in [3.05, 3.63) is 129 Å². The predicted octanol–water partition coefficient (Wildman–Crippen LogP) is 9.04. The van der Waals surface area contributed by atoms with Crippen molar-refractivity contribution in [3.63, 3.8) is 0 Å². The number of alkyl halides is 3. The molecule has 1 fully saturated rings. The fourth-order valence-corrected chi connectivity index (χ4v) is 6.22. The summed E-state index contributed by atoms with van der Waals surface area (Å²) in [5, 5.41) is 1.03. The van der Waals surface area contributed by atoms with Gasteiger partial charge in [0.1, 0.15) is 23.4 Å². The number of carbonyl (C=O) groups is 1. The number of hydrogen-bond acceptors (Lipinski definition) is 4. The van der Waals surface area contributed by atoms with Gasteiger partial charge in [-0.2, -0.15) is 13.2 Å². The quantitative estimate of drug-likeness (QED) is 0.191. The van der Waals surface area contributed by atoms with Crippen molar-refractivity contribution in [1.29, 1.82) is 0 Å². The summed E-state index contributed by atoms with van der Waals surface area (Å²) in [4.78, 5) is 25.1. The Kier molecular flexibility index (Phi) is 9.34. The third-order valence-corrected chi connectivity index (χ3v) is 8.79. The molecule has 2 heterocycles. The lowest BCUT2D eigenvalue weighted by Crippen LogP contribution is -2.54. The molecule has 4 aromatic carbocycles. The smallest absolute Gasteiger partial charge is 0.416 e. The highest BCUT2D eigenvalue weighted by Crippen LogP contribution is 2.46. The Morgan fingerprint density at radius 2 is 1.45 bits per heavy atom. The van der Waals surface area contributed by atoms with E-state index in [0.717, 1.165) is 28.9 Å². The van der Waals surface area contributed by atoms with Crippen LogP contribution in [0.25, 0.3) is 0 Å². The second kappa shape index (κ2) is 13.4. The first-order chi connectivity index (χ1) is 22.5. The van der Waals surface area contributed by atoms with Gasteiger partial charge in [0, 0.05) is 41.9 Å². The third-order valence-electron chi connectivity index (χ3n) is 8.29. The molecule has 12 heteroatoms. The Morgan fingerprint density at radius 3 is 2.02 bits per heavy atom. The van der Waals surface area contributed by atoms with E-state index in [1.165, 1.54) is 18.2 Å². The van der Waals surface area contributed by atoms with Crippen LogP contribution in [0.5, 0.6) is 5.75 Å². The molecule has 244 valence electrons. The zero-order chi connectivity index (χ0) is 33.3. The average molecular weight is 686 g/mol. The van der Waals surface area contributed by atoms with Gasteiger partial charge in [-0.25, -0.2) is 9.18 Å². The van der Waals surface area contributed by atoms with Gasteiger partial charge in [-0.3, -0.25) is 9.89 Å². The van der Waals surface area contributed by atoms with Crippen LogP contribution in [0.15, 0.2) is 96.0 Å². The zero-order valence-electron chi connectivity index (χ0n) is 25.2. The summed E-state index contributed by atoms with van der Waals surface area (Å²) in [5.74, 6) is -0.179. The normalized spacial score (nSPS) is 18.4. The van der Waals surface area contributed by atoms with Crippen LogP contribution in [0.2, 0.25) is 10.0 Å². The second-order valence-corrected chi connectivity index (χ2v) is 12.1. The lowest BCUT2D eigenvalue weighted by molar-refractivity contribution is -0.137. The molecule has 47 heavy (non-hydrogen) atoms. The summed E-state index contributed by atoms with van der Waals surface area (Å²) < 4.78 is 60.6. The maximum absolute atomic E-state index is 14.7. The van der Waals surface area contributed by atoms with E-state index in [0.29, 0.717) is 36.2 Å². The molecule has 4 aromatic rings. The molecular formula is C35H30Cl2F4N4O2. The predicted molar refractivity (Wildman–Crippen MR) is 175 cm³/mol. The topological polar surface area (TPSA) is 48.4 Å². The van der Waals surface area contributed by atoms with E-state index in [1.54, 1.807) is 53.1 Å². The lowest BCUT2D eigenvalue weighted by Gasteiger charge is -2.40. The molecule has 0 aromatic heterocycles. The molecule has 0 bridgehead atoms. The van der Waals surface area contributed by atoms with E-state index in [4.69, 9.17) is 32.9 Å². The number of nitrogens with zero attached hydrogens (tertiary/aromatic N) is 4. The molecule has 0 N–H and O–H groups in total. The molecule has 6 rings (SSSR count). The highest BCUT2D eigenvalue weighted by atomic mass is 35.5. The number of benzene rings is 4. The van der Waals surface area contributed by atoms with Crippen molar-refractivity contribution in [2.75, 3.05) is 37.7 Å². The van der Waals surface area contributed by atoms with Gasteiger partial charge < -0.3 is 14.5 Å². The van der Waals surface area contributed by atoms with Gasteiger partial charge in [-0.05, 0) is 84.8 Å². The van der Waals surface area contributed by atoms with E-state index in [9.17, 15) is 22.4 Å². The second-order valence-electron chi connectivity index (χ2n) is 11.2. The van der Waals surface area contributed by atoms with Crippen molar-refractivity contribution in [2.24, 2.45) is 4.99 Å². The first-order valence-corrected chi connectivity index (χ1v) is 15.8. The Balaban J connectivity index is 1.44. The molecule has 2 amide bonds. The van der Waals surface area contributed by atoms with Gasteiger partial charge in [-0.15, -0.1) is 0 Å². The number of anilines is 1. The molecule has 2 unspecified atom stereocenters. The van der Waals surface area contributed by atoms with Gasteiger partial charge in [-0.1, -0.05) is 47.5 Å². The number of rotatable bonds is 6. The first-order valence-electron chi connectivity index (χ1n) is 15.1. The van der Waals surface area contributed by atoms with Gasteiger partial charge >= 0.3 is 12.2 Å². The van der Waals surface area contributed by atoms with Crippen LogP contribution >= 0.6 is 23.2 Å². The lowest BCUT2D eigenvalue weighted by atomic mass is 9.93. The van der Waals surface area contributed by atoms with Crippen LogP contribution in [-0.4, -0.2) is 54.5 Å². The number of amides is 2.